The molecule has 0 amide bonds. The molecular formula is C27H44O13S2. The Morgan fingerprint density at radius 1 is 0.976 bits per heavy atom. The number of rotatable bonds is 7. The van der Waals surface area contributed by atoms with E-state index in [4.69, 9.17) is 18.2 Å². The number of hydrogen-bond donors (Lipinski definition) is 5. The lowest BCUT2D eigenvalue weighted by Crippen LogP contribution is -2.61. The molecule has 4 aliphatic carbocycles. The minimum Gasteiger partial charge on any atom is -0.393 e. The number of allylic oxidation sites excluding steroid dienone is 2. The fourth-order valence-electron chi connectivity index (χ4n) is 9.31. The van der Waals surface area contributed by atoms with Crippen LogP contribution in [0.2, 0.25) is 0 Å². The average molecular weight is 641 g/mol. The summed E-state index contributed by atoms with van der Waals surface area (Å²) < 4.78 is 86.0. The van der Waals surface area contributed by atoms with Crippen LogP contribution in [0.25, 0.3) is 0 Å². The molecule has 15 heteroatoms. The molecule has 0 aromatic carbocycles. The summed E-state index contributed by atoms with van der Waals surface area (Å²) in [6, 6.07) is 0. The van der Waals surface area contributed by atoms with Crippen LogP contribution in [0.4, 0.5) is 0 Å². The fourth-order valence-corrected chi connectivity index (χ4v) is 10.4. The predicted octanol–water partition coefficient (Wildman–Crippen LogP) is 1.78. The van der Waals surface area contributed by atoms with E-state index in [1.54, 1.807) is 0 Å². The molecule has 4 fully saturated rings. The van der Waals surface area contributed by atoms with Crippen molar-refractivity contribution in [2.24, 2.45) is 34.5 Å². The van der Waals surface area contributed by atoms with Crippen LogP contribution in [0.3, 0.4) is 0 Å². The van der Waals surface area contributed by atoms with E-state index in [1.165, 1.54) is 12.5 Å². The van der Waals surface area contributed by atoms with E-state index in [9.17, 15) is 36.7 Å². The summed E-state index contributed by atoms with van der Waals surface area (Å²) in [6.45, 7) is 7.62. The normalized spacial score (nSPS) is 48.5. The number of aliphatic hydroxyl groups excluding tert-OH is 3. The van der Waals surface area contributed by atoms with Crippen molar-refractivity contribution in [1.29, 1.82) is 0 Å². The van der Waals surface area contributed by atoms with Crippen LogP contribution in [0, 0.1) is 34.5 Å². The maximum atomic E-state index is 11.6. The van der Waals surface area contributed by atoms with Gasteiger partial charge in [0.15, 0.2) is 6.29 Å². The van der Waals surface area contributed by atoms with Crippen LogP contribution >= 0.6 is 0 Å². The summed E-state index contributed by atoms with van der Waals surface area (Å²) in [7, 11) is -9.63. The van der Waals surface area contributed by atoms with Crippen molar-refractivity contribution >= 4 is 20.8 Å². The van der Waals surface area contributed by atoms with Gasteiger partial charge in [0.25, 0.3) is 0 Å². The molecule has 13 nitrogen and oxygen atoms in total. The van der Waals surface area contributed by atoms with Crippen LogP contribution in [-0.4, -0.2) is 90.3 Å². The van der Waals surface area contributed by atoms with E-state index in [-0.39, 0.29) is 35.5 Å². The first-order valence-corrected chi connectivity index (χ1v) is 17.4. The van der Waals surface area contributed by atoms with Crippen molar-refractivity contribution in [2.75, 3.05) is 0 Å². The standard InChI is InChI=1S/C27H44O13S2/c1-13(28)17-5-6-18-16-12-21(38-25-23(30)22(29)24(14(2)37-25)40-42(34,35)36)20-11-15(39-41(31,32)33)7-9-27(20,4)19(16)8-10-26(17,18)3/h8,13-18,20-25,28-30H,5-7,9-12H2,1-4H3,(H,31,32,33)(H,34,35,36)/t13-,14?,15?,16?,17?,18?,20?,21+,22?,23?,24?,25?,26?,27?/m1/s1. The van der Waals surface area contributed by atoms with Crippen LogP contribution in [-0.2, 0) is 38.6 Å². The molecule has 42 heavy (non-hydrogen) atoms. The Hall–Kier alpha value is -0.720. The van der Waals surface area contributed by atoms with Crippen LogP contribution < -0.4 is 0 Å². The molecule has 0 spiro atoms. The van der Waals surface area contributed by atoms with E-state index in [0.717, 1.165) is 19.3 Å². The van der Waals surface area contributed by atoms with Crippen molar-refractivity contribution in [3.05, 3.63) is 11.6 Å². The molecule has 14 atom stereocenters. The average Bonchev–Trinajstić information content (AvgIpc) is 3.22. The van der Waals surface area contributed by atoms with Gasteiger partial charge in [-0.05, 0) is 93.3 Å². The Bertz CT molecular complexity index is 1270. The number of ether oxygens (including phenoxy) is 2. The lowest BCUT2D eigenvalue weighted by atomic mass is 9.48. The van der Waals surface area contributed by atoms with E-state index in [0.29, 0.717) is 19.3 Å². The van der Waals surface area contributed by atoms with Gasteiger partial charge in [-0.25, -0.2) is 8.37 Å². The third-order valence-corrected chi connectivity index (χ3v) is 12.2. The number of hydrogen-bond acceptors (Lipinski definition) is 11. The van der Waals surface area contributed by atoms with Crippen LogP contribution in [0.1, 0.15) is 72.6 Å². The van der Waals surface area contributed by atoms with Crippen molar-refractivity contribution in [2.45, 2.75) is 122 Å². The molecule has 0 radical (unpaired) electrons. The predicted molar refractivity (Wildman–Crippen MR) is 146 cm³/mol. The summed E-state index contributed by atoms with van der Waals surface area (Å²) in [6.07, 6.45) is -2.64. The fraction of sp³-hybridized carbons (Fsp3) is 0.926. The molecule has 5 N–H and O–H groups in total. The quantitative estimate of drug-likeness (QED) is 0.199. The van der Waals surface area contributed by atoms with Gasteiger partial charge >= 0.3 is 20.8 Å². The van der Waals surface area contributed by atoms with Crippen molar-refractivity contribution in [3.63, 3.8) is 0 Å². The summed E-state index contributed by atoms with van der Waals surface area (Å²) in [5.41, 5.74) is 0.747. The molecule has 0 aromatic heterocycles. The summed E-state index contributed by atoms with van der Waals surface area (Å²) >= 11 is 0. The summed E-state index contributed by atoms with van der Waals surface area (Å²) in [5.74, 6) is 0.204. The van der Waals surface area contributed by atoms with Gasteiger partial charge in [-0.15, -0.1) is 0 Å². The largest absolute Gasteiger partial charge is 0.397 e. The lowest BCUT2D eigenvalue weighted by Gasteiger charge is -2.59. The molecule has 242 valence electrons. The zero-order chi connectivity index (χ0) is 31.0. The van der Waals surface area contributed by atoms with E-state index < -0.39 is 75.2 Å². The van der Waals surface area contributed by atoms with E-state index in [1.807, 2.05) is 6.92 Å². The van der Waals surface area contributed by atoms with Crippen molar-refractivity contribution < 1.29 is 59.1 Å². The monoisotopic (exact) mass is 640 g/mol. The van der Waals surface area contributed by atoms with Gasteiger partial charge in [-0.2, -0.15) is 16.8 Å². The molecular weight excluding hydrogens is 596 g/mol. The molecule has 1 heterocycles. The highest BCUT2D eigenvalue weighted by atomic mass is 32.3. The van der Waals surface area contributed by atoms with Gasteiger partial charge < -0.3 is 24.8 Å². The highest BCUT2D eigenvalue weighted by Gasteiger charge is 2.61. The third-order valence-electron chi connectivity index (χ3n) is 11.2. The second-order valence-corrected chi connectivity index (χ2v) is 15.6. The van der Waals surface area contributed by atoms with Crippen molar-refractivity contribution in [3.8, 4) is 0 Å². The molecule has 1 saturated heterocycles. The first-order valence-electron chi connectivity index (χ1n) is 14.7. The van der Waals surface area contributed by atoms with Crippen molar-refractivity contribution in [1.82, 2.24) is 0 Å². The summed E-state index contributed by atoms with van der Waals surface area (Å²) in [4.78, 5) is 0. The SMILES string of the molecule is CC1OC(O[C@H]2CC3C(=CCC4(C)C3CCC4[C@@H](C)O)C3(C)CCC(OS(=O)(=O)O)CC23)C(O)C(O)C1OS(=O)(=O)O. The summed E-state index contributed by atoms with van der Waals surface area (Å²) in [5, 5.41) is 32.2. The number of aliphatic hydroxyl groups is 3. The Kier molecular flexibility index (Phi) is 8.76. The van der Waals surface area contributed by atoms with Gasteiger partial charge in [0.1, 0.15) is 18.3 Å². The maximum absolute atomic E-state index is 11.6. The first kappa shape index (κ1) is 32.7. The zero-order valence-electron chi connectivity index (χ0n) is 24.3. The molecule has 5 rings (SSSR count). The Morgan fingerprint density at radius 3 is 2.26 bits per heavy atom. The lowest BCUT2D eigenvalue weighted by molar-refractivity contribution is -0.312. The van der Waals surface area contributed by atoms with E-state index in [2.05, 4.69) is 24.1 Å². The molecule has 12 unspecified atom stereocenters. The Balaban J connectivity index is 1.46. The van der Waals surface area contributed by atoms with Crippen LogP contribution in [0.15, 0.2) is 11.6 Å². The second kappa shape index (κ2) is 11.3. The van der Waals surface area contributed by atoms with Gasteiger partial charge in [0, 0.05) is 0 Å². The Morgan fingerprint density at radius 2 is 1.64 bits per heavy atom. The molecule has 5 aliphatic rings. The zero-order valence-corrected chi connectivity index (χ0v) is 25.9. The third kappa shape index (κ3) is 5.96. The van der Waals surface area contributed by atoms with Gasteiger partial charge in [0.05, 0.1) is 24.4 Å². The second-order valence-electron chi connectivity index (χ2n) is 13.5. The maximum Gasteiger partial charge on any atom is 0.397 e. The van der Waals surface area contributed by atoms with E-state index >= 15 is 0 Å². The molecule has 0 bridgehead atoms. The molecule has 0 aromatic rings. The van der Waals surface area contributed by atoms with Crippen LogP contribution in [0.5, 0.6) is 0 Å². The minimum atomic E-state index is -4.94. The first-order chi connectivity index (χ1) is 19.3. The molecule has 3 saturated carbocycles. The Labute approximate surface area is 247 Å². The van der Waals surface area contributed by atoms with Gasteiger partial charge in [0.2, 0.25) is 0 Å². The highest BCUT2D eigenvalue weighted by Crippen LogP contribution is 2.66. The smallest absolute Gasteiger partial charge is 0.393 e. The van der Waals surface area contributed by atoms with Gasteiger partial charge in [-0.1, -0.05) is 25.5 Å². The molecule has 1 aliphatic heterocycles. The van der Waals surface area contributed by atoms with Gasteiger partial charge in [-0.3, -0.25) is 9.11 Å². The minimum absolute atomic E-state index is 0.0940. The highest BCUT2D eigenvalue weighted by molar-refractivity contribution is 7.81. The topological polar surface area (TPSA) is 206 Å². The number of fused-ring (bicyclic) bond motifs is 5.